The number of nitrogens with zero attached hydrogens (tertiary/aromatic N) is 1. The first kappa shape index (κ1) is 18.4. The molecule has 2 aliphatic heterocycles. The Morgan fingerprint density at radius 2 is 1.70 bits per heavy atom. The lowest BCUT2D eigenvalue weighted by Crippen LogP contribution is -2.54. The van der Waals surface area contributed by atoms with Crippen molar-refractivity contribution in [1.82, 2.24) is 0 Å². The van der Waals surface area contributed by atoms with Crippen LogP contribution >= 0.6 is 11.8 Å². The summed E-state index contributed by atoms with van der Waals surface area (Å²) >= 11 is 1.98. The van der Waals surface area contributed by atoms with Gasteiger partial charge in [-0.3, -0.25) is 4.99 Å². The van der Waals surface area contributed by atoms with E-state index in [2.05, 4.69) is 22.8 Å². The molecule has 142 valence electrons. The Labute approximate surface area is 164 Å². The molecular formula is C20H23N3O2S2. The van der Waals surface area contributed by atoms with E-state index >= 15 is 0 Å². The third-order valence-electron chi connectivity index (χ3n) is 5.12. The zero-order valence-corrected chi connectivity index (χ0v) is 16.9. The van der Waals surface area contributed by atoms with Gasteiger partial charge in [0.05, 0.1) is 28.4 Å². The zero-order valence-electron chi connectivity index (χ0n) is 15.2. The van der Waals surface area contributed by atoms with Crippen LogP contribution in [0.15, 0.2) is 58.4 Å². The molecule has 0 atom stereocenters. The second-order valence-corrected chi connectivity index (χ2v) is 10.3. The highest BCUT2D eigenvalue weighted by Crippen LogP contribution is 2.38. The lowest BCUT2D eigenvalue weighted by Gasteiger charge is -2.43. The molecular weight excluding hydrogens is 378 g/mol. The summed E-state index contributed by atoms with van der Waals surface area (Å²) in [5, 5.41) is 7.29. The summed E-state index contributed by atoms with van der Waals surface area (Å²) in [5.41, 5.74) is 3.02. The standard InChI is InChI=1S/C20H23N3O2S2/c1-27(24,25)16-8-6-15(7-9-16)14-21-19-20(10-12-26-13-11-20)23-18-5-3-2-4-17(18)22-19/h2-9,23H,10-14H2,1H3,(H,21,22). The summed E-state index contributed by atoms with van der Waals surface area (Å²) in [6.07, 6.45) is 3.29. The third kappa shape index (κ3) is 3.84. The van der Waals surface area contributed by atoms with Gasteiger partial charge in [-0.1, -0.05) is 24.3 Å². The van der Waals surface area contributed by atoms with Crippen LogP contribution in [-0.2, 0) is 16.4 Å². The molecule has 1 fully saturated rings. The average molecular weight is 402 g/mol. The number of sulfone groups is 1. The van der Waals surface area contributed by atoms with E-state index in [1.165, 1.54) is 6.26 Å². The second kappa shape index (κ2) is 7.20. The van der Waals surface area contributed by atoms with Crippen molar-refractivity contribution in [2.45, 2.75) is 29.8 Å². The fraction of sp³-hybridized carbons (Fsp3) is 0.350. The molecule has 4 rings (SSSR count). The molecule has 0 bridgehead atoms. The van der Waals surface area contributed by atoms with Crippen LogP contribution in [0.3, 0.4) is 0 Å². The molecule has 0 unspecified atom stereocenters. The van der Waals surface area contributed by atoms with Gasteiger partial charge in [-0.15, -0.1) is 0 Å². The van der Waals surface area contributed by atoms with Crippen molar-refractivity contribution < 1.29 is 8.42 Å². The van der Waals surface area contributed by atoms with Gasteiger partial charge in [-0.05, 0) is 54.2 Å². The highest BCUT2D eigenvalue weighted by Gasteiger charge is 2.40. The number of hydrogen-bond acceptors (Lipinski definition) is 5. The molecule has 0 aliphatic carbocycles. The predicted octanol–water partition coefficient (Wildman–Crippen LogP) is 3.79. The Bertz CT molecular complexity index is 963. The number of anilines is 2. The van der Waals surface area contributed by atoms with Crippen LogP contribution in [-0.4, -0.2) is 37.6 Å². The number of thioether (sulfide) groups is 1. The maximum absolute atomic E-state index is 11.6. The molecule has 2 aromatic carbocycles. The summed E-state index contributed by atoms with van der Waals surface area (Å²) in [6, 6.07) is 15.2. The molecule has 0 amide bonds. The van der Waals surface area contributed by atoms with E-state index in [4.69, 9.17) is 4.99 Å². The van der Waals surface area contributed by atoms with E-state index in [0.717, 1.165) is 47.1 Å². The van der Waals surface area contributed by atoms with Crippen molar-refractivity contribution in [2.24, 2.45) is 4.99 Å². The SMILES string of the molecule is CS(=O)(=O)c1ccc(CN=C2Nc3ccccc3NC23CCSCC3)cc1. The van der Waals surface area contributed by atoms with Gasteiger partial charge in [0, 0.05) is 6.26 Å². The maximum Gasteiger partial charge on any atom is 0.175 e. The molecule has 5 nitrogen and oxygen atoms in total. The first-order valence-electron chi connectivity index (χ1n) is 9.02. The molecule has 1 saturated heterocycles. The number of amidine groups is 1. The molecule has 7 heteroatoms. The molecule has 2 N–H and O–H groups in total. The van der Waals surface area contributed by atoms with Gasteiger partial charge in [-0.2, -0.15) is 11.8 Å². The Balaban J connectivity index is 1.61. The van der Waals surface area contributed by atoms with E-state index in [9.17, 15) is 8.42 Å². The van der Waals surface area contributed by atoms with Crippen LogP contribution < -0.4 is 10.6 Å². The van der Waals surface area contributed by atoms with Crippen molar-refractivity contribution in [2.75, 3.05) is 28.4 Å². The molecule has 2 aromatic rings. The summed E-state index contributed by atoms with van der Waals surface area (Å²) in [5.74, 6) is 3.20. The van der Waals surface area contributed by atoms with Crippen LogP contribution in [0, 0.1) is 0 Å². The first-order valence-corrected chi connectivity index (χ1v) is 12.1. The maximum atomic E-state index is 11.6. The number of benzene rings is 2. The van der Waals surface area contributed by atoms with Crippen molar-refractivity contribution in [3.05, 3.63) is 54.1 Å². The van der Waals surface area contributed by atoms with Gasteiger partial charge in [0.1, 0.15) is 5.84 Å². The molecule has 0 saturated carbocycles. The van der Waals surface area contributed by atoms with E-state index in [0.29, 0.717) is 11.4 Å². The van der Waals surface area contributed by atoms with Crippen LogP contribution in [0.1, 0.15) is 18.4 Å². The smallest absolute Gasteiger partial charge is 0.175 e. The van der Waals surface area contributed by atoms with Crippen molar-refractivity contribution in [1.29, 1.82) is 0 Å². The Morgan fingerprint density at radius 1 is 1.04 bits per heavy atom. The van der Waals surface area contributed by atoms with Crippen LogP contribution in [0.25, 0.3) is 0 Å². The number of aliphatic imine (C=N–C) groups is 1. The molecule has 1 spiro atoms. The third-order valence-corrected chi connectivity index (χ3v) is 7.24. The minimum Gasteiger partial charge on any atom is -0.371 e. The van der Waals surface area contributed by atoms with E-state index in [1.807, 2.05) is 36.0 Å². The van der Waals surface area contributed by atoms with Crippen LogP contribution in [0.5, 0.6) is 0 Å². The molecule has 2 aliphatic rings. The Hall–Kier alpha value is -1.99. The minimum atomic E-state index is -3.17. The van der Waals surface area contributed by atoms with Crippen LogP contribution in [0.4, 0.5) is 11.4 Å². The van der Waals surface area contributed by atoms with Crippen molar-refractivity contribution >= 4 is 38.8 Å². The number of fused-ring (bicyclic) bond motifs is 1. The largest absolute Gasteiger partial charge is 0.371 e. The summed E-state index contributed by atoms with van der Waals surface area (Å²) in [4.78, 5) is 5.24. The van der Waals surface area contributed by atoms with Gasteiger partial charge >= 0.3 is 0 Å². The van der Waals surface area contributed by atoms with Gasteiger partial charge in [0.15, 0.2) is 9.84 Å². The Kier molecular flexibility index (Phi) is 4.90. The lowest BCUT2D eigenvalue weighted by molar-refractivity contribution is 0.559. The molecule has 0 radical (unpaired) electrons. The van der Waals surface area contributed by atoms with E-state index < -0.39 is 9.84 Å². The van der Waals surface area contributed by atoms with Crippen molar-refractivity contribution in [3.8, 4) is 0 Å². The molecule has 27 heavy (non-hydrogen) atoms. The summed E-state index contributed by atoms with van der Waals surface area (Å²) in [7, 11) is -3.17. The number of para-hydroxylation sites is 2. The topological polar surface area (TPSA) is 70.6 Å². The summed E-state index contributed by atoms with van der Waals surface area (Å²) < 4.78 is 23.2. The fourth-order valence-electron chi connectivity index (χ4n) is 3.55. The van der Waals surface area contributed by atoms with Crippen LogP contribution in [0.2, 0.25) is 0 Å². The first-order chi connectivity index (χ1) is 13.0. The number of hydrogen-bond donors (Lipinski definition) is 2. The second-order valence-electron chi connectivity index (χ2n) is 7.07. The monoisotopic (exact) mass is 401 g/mol. The minimum absolute atomic E-state index is 0.147. The molecule has 2 heterocycles. The average Bonchev–Trinajstić information content (AvgIpc) is 2.66. The number of nitrogens with one attached hydrogen (secondary N) is 2. The fourth-order valence-corrected chi connectivity index (χ4v) is 5.37. The van der Waals surface area contributed by atoms with E-state index in [1.54, 1.807) is 12.1 Å². The van der Waals surface area contributed by atoms with E-state index in [-0.39, 0.29) is 5.54 Å². The summed E-state index contributed by atoms with van der Waals surface area (Å²) in [6.45, 7) is 0.519. The zero-order chi connectivity index (χ0) is 18.9. The Morgan fingerprint density at radius 3 is 2.37 bits per heavy atom. The molecule has 0 aromatic heterocycles. The normalized spacial score (nSPS) is 20.0. The number of rotatable bonds is 3. The van der Waals surface area contributed by atoms with Gasteiger partial charge in [0.25, 0.3) is 0 Å². The lowest BCUT2D eigenvalue weighted by atomic mass is 9.87. The van der Waals surface area contributed by atoms with Gasteiger partial charge in [-0.25, -0.2) is 8.42 Å². The van der Waals surface area contributed by atoms with Crippen molar-refractivity contribution in [3.63, 3.8) is 0 Å². The quantitative estimate of drug-likeness (QED) is 0.819. The highest BCUT2D eigenvalue weighted by molar-refractivity contribution is 7.99. The highest BCUT2D eigenvalue weighted by atomic mass is 32.2. The van der Waals surface area contributed by atoms with Gasteiger partial charge in [0.2, 0.25) is 0 Å². The van der Waals surface area contributed by atoms with Gasteiger partial charge < -0.3 is 10.6 Å². The predicted molar refractivity (Wildman–Crippen MR) is 114 cm³/mol.